The zero-order chi connectivity index (χ0) is 14.0. The van der Waals surface area contributed by atoms with Gasteiger partial charge in [-0.25, -0.2) is 13.1 Å². The van der Waals surface area contributed by atoms with Gasteiger partial charge in [0, 0.05) is 19.7 Å². The third-order valence-corrected chi connectivity index (χ3v) is 5.08. The Balaban J connectivity index is 2.16. The molecule has 6 nitrogen and oxygen atoms in total. The molecule has 1 aliphatic heterocycles. The van der Waals surface area contributed by atoms with Crippen molar-refractivity contribution in [1.29, 1.82) is 0 Å². The molecule has 0 radical (unpaired) electrons. The Bertz CT molecular complexity index is 545. The molecule has 1 aliphatic rings. The van der Waals surface area contributed by atoms with Crippen LogP contribution in [0, 0.1) is 13.8 Å². The van der Waals surface area contributed by atoms with E-state index in [4.69, 9.17) is 4.74 Å². The summed E-state index contributed by atoms with van der Waals surface area (Å²) < 4.78 is 34.4. The largest absolute Gasteiger partial charge is 0.377 e. The first-order valence-corrected chi connectivity index (χ1v) is 8.09. The molecule has 0 bridgehead atoms. The summed E-state index contributed by atoms with van der Waals surface area (Å²) in [6.45, 7) is 7.16. The monoisotopic (exact) mass is 287 g/mol. The van der Waals surface area contributed by atoms with Gasteiger partial charge >= 0.3 is 0 Å². The smallest absolute Gasteiger partial charge is 0.244 e. The van der Waals surface area contributed by atoms with Crippen LogP contribution in [0.3, 0.4) is 0 Å². The summed E-state index contributed by atoms with van der Waals surface area (Å²) in [5.74, 6) is 0. The highest BCUT2D eigenvalue weighted by Crippen LogP contribution is 2.19. The standard InChI is InChI=1S/C12H21N3O3S/c1-4-15-10(3)12(9(2)14-15)19(16,17)13-8-11-6-5-7-18-11/h11,13H,4-8H2,1-3H3. The summed E-state index contributed by atoms with van der Waals surface area (Å²) in [6, 6.07) is 0. The molecule has 1 atom stereocenters. The maximum Gasteiger partial charge on any atom is 0.244 e. The first-order valence-electron chi connectivity index (χ1n) is 6.61. The maximum absolute atomic E-state index is 12.3. The van der Waals surface area contributed by atoms with Crippen molar-refractivity contribution in [2.45, 2.75) is 51.2 Å². The molecule has 19 heavy (non-hydrogen) atoms. The Morgan fingerprint density at radius 2 is 2.21 bits per heavy atom. The van der Waals surface area contributed by atoms with Crippen LogP contribution in [0.25, 0.3) is 0 Å². The van der Waals surface area contributed by atoms with E-state index in [1.807, 2.05) is 6.92 Å². The molecule has 1 unspecified atom stereocenters. The molecule has 0 aliphatic carbocycles. The van der Waals surface area contributed by atoms with E-state index in [2.05, 4.69) is 9.82 Å². The van der Waals surface area contributed by atoms with Crippen molar-refractivity contribution >= 4 is 10.0 Å². The molecule has 0 aromatic carbocycles. The van der Waals surface area contributed by atoms with Gasteiger partial charge in [0.05, 0.1) is 17.5 Å². The minimum Gasteiger partial charge on any atom is -0.377 e. The molecule has 1 saturated heterocycles. The number of nitrogens with zero attached hydrogens (tertiary/aromatic N) is 2. The number of hydrogen-bond donors (Lipinski definition) is 1. The van der Waals surface area contributed by atoms with Gasteiger partial charge in [0.15, 0.2) is 0 Å². The van der Waals surface area contributed by atoms with E-state index >= 15 is 0 Å². The molecule has 0 amide bonds. The molecule has 1 aromatic heterocycles. The van der Waals surface area contributed by atoms with Crippen LogP contribution in [0.15, 0.2) is 4.90 Å². The van der Waals surface area contributed by atoms with E-state index in [9.17, 15) is 8.42 Å². The third kappa shape index (κ3) is 2.98. The van der Waals surface area contributed by atoms with E-state index in [1.165, 1.54) is 0 Å². The lowest BCUT2D eigenvalue weighted by Crippen LogP contribution is -2.32. The zero-order valence-corrected chi connectivity index (χ0v) is 12.5. The summed E-state index contributed by atoms with van der Waals surface area (Å²) >= 11 is 0. The second kappa shape index (κ2) is 5.60. The second-order valence-electron chi connectivity index (χ2n) is 4.80. The highest BCUT2D eigenvalue weighted by atomic mass is 32.2. The Morgan fingerprint density at radius 1 is 1.47 bits per heavy atom. The lowest BCUT2D eigenvalue weighted by atomic mass is 10.2. The molecule has 0 saturated carbocycles. The van der Waals surface area contributed by atoms with Crippen LogP contribution in [0.4, 0.5) is 0 Å². The van der Waals surface area contributed by atoms with Crippen molar-refractivity contribution in [2.24, 2.45) is 0 Å². The van der Waals surface area contributed by atoms with Crippen molar-refractivity contribution in [2.75, 3.05) is 13.2 Å². The topological polar surface area (TPSA) is 73.2 Å². The minimum atomic E-state index is -3.51. The third-order valence-electron chi connectivity index (χ3n) is 3.41. The molecule has 0 spiro atoms. The fraction of sp³-hybridized carbons (Fsp3) is 0.750. The lowest BCUT2D eigenvalue weighted by Gasteiger charge is -2.11. The van der Waals surface area contributed by atoms with Crippen LogP contribution in [0.2, 0.25) is 0 Å². The zero-order valence-electron chi connectivity index (χ0n) is 11.6. The number of sulfonamides is 1. The molecule has 108 valence electrons. The Kier molecular flexibility index (Phi) is 4.27. The second-order valence-corrected chi connectivity index (χ2v) is 6.51. The number of aromatic nitrogens is 2. The number of nitrogens with one attached hydrogen (secondary N) is 1. The van der Waals surface area contributed by atoms with Crippen molar-refractivity contribution in [3.8, 4) is 0 Å². The SMILES string of the molecule is CCn1nc(C)c(S(=O)(=O)NCC2CCCO2)c1C. The van der Waals surface area contributed by atoms with E-state index in [0.29, 0.717) is 29.4 Å². The summed E-state index contributed by atoms with van der Waals surface area (Å²) in [4.78, 5) is 0.298. The highest BCUT2D eigenvalue weighted by molar-refractivity contribution is 7.89. The molecular formula is C12H21N3O3S. The van der Waals surface area contributed by atoms with Gasteiger partial charge in [0.1, 0.15) is 4.90 Å². The molecular weight excluding hydrogens is 266 g/mol. The molecule has 1 fully saturated rings. The fourth-order valence-electron chi connectivity index (χ4n) is 2.46. The van der Waals surface area contributed by atoms with Crippen LogP contribution in [0.5, 0.6) is 0 Å². The van der Waals surface area contributed by atoms with Crippen molar-refractivity contribution in [1.82, 2.24) is 14.5 Å². The quantitative estimate of drug-likeness (QED) is 0.876. The van der Waals surface area contributed by atoms with Crippen molar-refractivity contribution in [3.63, 3.8) is 0 Å². The van der Waals surface area contributed by atoms with Gasteiger partial charge in [-0.15, -0.1) is 0 Å². The Hall–Kier alpha value is -0.920. The summed E-state index contributed by atoms with van der Waals surface area (Å²) in [6.07, 6.45) is 1.91. The molecule has 2 rings (SSSR count). The lowest BCUT2D eigenvalue weighted by molar-refractivity contribution is 0.114. The predicted molar refractivity (Wildman–Crippen MR) is 71.5 cm³/mol. The summed E-state index contributed by atoms with van der Waals surface area (Å²) in [7, 11) is -3.51. The van der Waals surface area contributed by atoms with Crippen LogP contribution >= 0.6 is 0 Å². The van der Waals surface area contributed by atoms with Gasteiger partial charge in [-0.1, -0.05) is 0 Å². The highest BCUT2D eigenvalue weighted by Gasteiger charge is 2.26. The van der Waals surface area contributed by atoms with Gasteiger partial charge in [-0.3, -0.25) is 4.68 Å². The maximum atomic E-state index is 12.3. The minimum absolute atomic E-state index is 0.00314. The Labute approximate surface area is 114 Å². The average molecular weight is 287 g/mol. The van der Waals surface area contributed by atoms with Crippen LogP contribution in [-0.2, 0) is 21.3 Å². The molecule has 2 heterocycles. The van der Waals surface area contributed by atoms with E-state index in [1.54, 1.807) is 18.5 Å². The van der Waals surface area contributed by atoms with Gasteiger partial charge < -0.3 is 4.74 Å². The normalized spacial score (nSPS) is 20.1. The number of ether oxygens (including phenoxy) is 1. The van der Waals surface area contributed by atoms with Crippen LogP contribution < -0.4 is 4.72 Å². The average Bonchev–Trinajstić information content (AvgIpc) is 2.95. The van der Waals surface area contributed by atoms with E-state index in [0.717, 1.165) is 19.4 Å². The van der Waals surface area contributed by atoms with Gasteiger partial charge in [-0.2, -0.15) is 5.10 Å². The van der Waals surface area contributed by atoms with Crippen molar-refractivity contribution < 1.29 is 13.2 Å². The van der Waals surface area contributed by atoms with Gasteiger partial charge in [-0.05, 0) is 33.6 Å². The number of aryl methyl sites for hydroxylation is 2. The number of rotatable bonds is 5. The van der Waals surface area contributed by atoms with Crippen molar-refractivity contribution in [3.05, 3.63) is 11.4 Å². The first-order chi connectivity index (χ1) is 8.95. The first kappa shape index (κ1) is 14.5. The van der Waals surface area contributed by atoms with Gasteiger partial charge in [0.2, 0.25) is 10.0 Å². The summed E-state index contributed by atoms with van der Waals surface area (Å²) in [5.41, 5.74) is 1.22. The van der Waals surface area contributed by atoms with Gasteiger partial charge in [0.25, 0.3) is 0 Å². The fourth-order valence-corrected chi connectivity index (χ4v) is 3.93. The van der Waals surface area contributed by atoms with Crippen LogP contribution in [-0.4, -0.2) is 37.5 Å². The number of hydrogen-bond acceptors (Lipinski definition) is 4. The van der Waals surface area contributed by atoms with E-state index < -0.39 is 10.0 Å². The predicted octanol–water partition coefficient (Wildman–Crippen LogP) is 0.977. The Morgan fingerprint density at radius 3 is 2.74 bits per heavy atom. The molecule has 1 N–H and O–H groups in total. The van der Waals surface area contributed by atoms with Crippen LogP contribution in [0.1, 0.15) is 31.2 Å². The molecule has 7 heteroatoms. The molecule has 1 aromatic rings. The van der Waals surface area contributed by atoms with E-state index in [-0.39, 0.29) is 6.10 Å². The summed E-state index contributed by atoms with van der Waals surface area (Å²) in [5, 5.41) is 4.24.